The molecule has 6 rings (SSSR count). The number of hydrogen-bond donors (Lipinski definition) is 3. The van der Waals surface area contributed by atoms with Crippen molar-refractivity contribution in [3.05, 3.63) is 96.6 Å². The summed E-state index contributed by atoms with van der Waals surface area (Å²) in [5.74, 6) is 1.35. The summed E-state index contributed by atoms with van der Waals surface area (Å²) in [5.41, 5.74) is 3.34. The van der Waals surface area contributed by atoms with E-state index in [1.165, 1.54) is 0 Å². The zero-order valence-electron chi connectivity index (χ0n) is 23.5. The fourth-order valence-electron chi connectivity index (χ4n) is 5.07. The molecule has 1 fully saturated rings. The van der Waals surface area contributed by atoms with Crippen LogP contribution in [0.25, 0.3) is 22.0 Å². The van der Waals surface area contributed by atoms with Crippen LogP contribution in [0.2, 0.25) is 0 Å². The minimum atomic E-state index is -3.69. The van der Waals surface area contributed by atoms with E-state index in [9.17, 15) is 8.42 Å². The number of aryl methyl sites for hydroxylation is 1. The van der Waals surface area contributed by atoms with Gasteiger partial charge in [-0.1, -0.05) is 30.3 Å². The summed E-state index contributed by atoms with van der Waals surface area (Å²) >= 11 is 0. The number of rotatable bonds is 9. The lowest BCUT2D eigenvalue weighted by Crippen LogP contribution is -2.38. The molecule has 0 spiro atoms. The third kappa shape index (κ3) is 7.19. The summed E-state index contributed by atoms with van der Waals surface area (Å²) < 4.78 is 35.3. The highest BCUT2D eigenvalue weighted by Crippen LogP contribution is 2.39. The minimum absolute atomic E-state index is 0. The summed E-state index contributed by atoms with van der Waals surface area (Å²) in [7, 11) is -3.69. The highest BCUT2D eigenvalue weighted by atomic mass is 35.5. The lowest BCUT2D eigenvalue weighted by atomic mass is 10.0. The monoisotopic (exact) mass is 617 g/mol. The molecule has 12 heteroatoms. The Kier molecular flexibility index (Phi) is 9.34. The first-order valence-electron chi connectivity index (χ1n) is 13.8. The number of nitrogens with zero attached hydrogens (tertiary/aromatic N) is 4. The van der Waals surface area contributed by atoms with Gasteiger partial charge >= 0.3 is 0 Å². The summed E-state index contributed by atoms with van der Waals surface area (Å²) in [6.07, 6.45) is 8.72. The van der Waals surface area contributed by atoms with Gasteiger partial charge in [-0.25, -0.2) is 23.4 Å². The maximum atomic E-state index is 13.0. The van der Waals surface area contributed by atoms with Gasteiger partial charge in [0, 0.05) is 48.1 Å². The number of halogens is 1. The number of ether oxygens (including phenoxy) is 1. The smallest absolute Gasteiger partial charge is 0.236 e. The molecular weight excluding hydrogens is 586 g/mol. The molecule has 1 saturated heterocycles. The average Bonchev–Trinajstić information content (AvgIpc) is 3.00. The first kappa shape index (κ1) is 30.1. The molecule has 2 aromatic carbocycles. The summed E-state index contributed by atoms with van der Waals surface area (Å²) in [6.45, 7) is 3.85. The topological polar surface area (TPSA) is 131 Å². The maximum absolute atomic E-state index is 13.0. The van der Waals surface area contributed by atoms with Crippen molar-refractivity contribution < 1.29 is 13.2 Å². The normalized spacial score (nSPS) is 15.0. The van der Waals surface area contributed by atoms with Crippen LogP contribution in [0.15, 0.2) is 85.5 Å². The minimum Gasteiger partial charge on any atom is -0.437 e. The van der Waals surface area contributed by atoms with Crippen LogP contribution in [-0.4, -0.2) is 47.5 Å². The second-order valence-corrected chi connectivity index (χ2v) is 12.0. The van der Waals surface area contributed by atoms with Crippen molar-refractivity contribution in [2.24, 2.45) is 0 Å². The molecule has 1 atom stereocenters. The van der Waals surface area contributed by atoms with E-state index in [1.807, 2.05) is 43.3 Å². The predicted molar refractivity (Wildman–Crippen MR) is 171 cm³/mol. The Bertz CT molecular complexity index is 1820. The van der Waals surface area contributed by atoms with Crippen LogP contribution in [-0.2, 0) is 15.8 Å². The van der Waals surface area contributed by atoms with Gasteiger partial charge in [-0.3, -0.25) is 9.71 Å². The molecule has 0 aliphatic carbocycles. The Labute approximate surface area is 256 Å². The number of fused-ring (bicyclic) bond motifs is 1. The molecule has 1 aliphatic rings. The van der Waals surface area contributed by atoms with Crippen molar-refractivity contribution in [3.63, 3.8) is 0 Å². The van der Waals surface area contributed by atoms with Gasteiger partial charge in [0.1, 0.15) is 5.75 Å². The zero-order valence-corrected chi connectivity index (χ0v) is 25.2. The second-order valence-electron chi connectivity index (χ2n) is 10.2. The largest absolute Gasteiger partial charge is 0.437 e. The van der Waals surface area contributed by atoms with Gasteiger partial charge in [-0.2, -0.15) is 0 Å². The predicted octanol–water partition coefficient (Wildman–Crippen LogP) is 5.72. The number of anilines is 2. The van der Waals surface area contributed by atoms with E-state index < -0.39 is 10.0 Å². The lowest BCUT2D eigenvalue weighted by Gasteiger charge is -2.23. The SMILES string of the molecule is Cc1ccc2c(NS(=O)(=O)Cc3cccnc3)cccc2c1Oc1ncccc1-c1ccnc(NC2CCCNC2)n1.Cl. The van der Waals surface area contributed by atoms with E-state index in [2.05, 4.69) is 30.3 Å². The van der Waals surface area contributed by atoms with E-state index in [4.69, 9.17) is 9.72 Å². The van der Waals surface area contributed by atoms with Gasteiger partial charge in [-0.15, -0.1) is 12.4 Å². The van der Waals surface area contributed by atoms with Crippen LogP contribution in [0.5, 0.6) is 11.6 Å². The van der Waals surface area contributed by atoms with Crippen LogP contribution in [0.4, 0.5) is 11.6 Å². The highest BCUT2D eigenvalue weighted by Gasteiger charge is 2.19. The number of benzene rings is 2. The highest BCUT2D eigenvalue weighted by molar-refractivity contribution is 7.91. The van der Waals surface area contributed by atoms with Crippen molar-refractivity contribution in [2.45, 2.75) is 31.6 Å². The zero-order chi connectivity index (χ0) is 28.9. The molecule has 43 heavy (non-hydrogen) atoms. The van der Waals surface area contributed by atoms with Gasteiger partial charge in [0.2, 0.25) is 21.9 Å². The van der Waals surface area contributed by atoms with E-state index in [0.717, 1.165) is 42.4 Å². The van der Waals surface area contributed by atoms with Gasteiger partial charge < -0.3 is 15.4 Å². The van der Waals surface area contributed by atoms with Gasteiger partial charge in [-0.05, 0) is 67.8 Å². The van der Waals surface area contributed by atoms with E-state index in [0.29, 0.717) is 39.9 Å². The standard InChI is InChI=1S/C31H31N7O3S.ClH/c1-21-11-12-24-25(8-2-10-28(24)38-42(39,40)20-22-6-3-14-32-18-22)29(21)41-30-26(9-5-16-34-30)27-13-17-35-31(37-27)36-23-7-4-15-33-19-23;/h2-3,5-6,8-14,16-18,23,33,38H,4,7,15,19-20H2,1H3,(H,35,36,37);1H. The molecule has 10 nitrogen and oxygen atoms in total. The lowest BCUT2D eigenvalue weighted by molar-refractivity contribution is 0.466. The molecule has 222 valence electrons. The van der Waals surface area contributed by atoms with Crippen LogP contribution in [0, 0.1) is 6.92 Å². The molecular formula is C31H32ClN7O3S. The molecule has 1 aliphatic heterocycles. The van der Waals surface area contributed by atoms with E-state index in [1.54, 1.807) is 49.1 Å². The Morgan fingerprint density at radius 1 is 0.977 bits per heavy atom. The van der Waals surface area contributed by atoms with E-state index >= 15 is 0 Å². The van der Waals surface area contributed by atoms with Crippen LogP contribution >= 0.6 is 12.4 Å². The van der Waals surface area contributed by atoms with Crippen LogP contribution < -0.4 is 20.1 Å². The quantitative estimate of drug-likeness (QED) is 0.190. The fraction of sp³-hybridized carbons (Fsp3) is 0.226. The Balaban J connectivity index is 0.00000368. The number of nitrogens with one attached hydrogen (secondary N) is 3. The molecule has 0 saturated carbocycles. The Morgan fingerprint density at radius 3 is 2.67 bits per heavy atom. The molecule has 3 aromatic heterocycles. The van der Waals surface area contributed by atoms with Crippen molar-refractivity contribution in [1.82, 2.24) is 25.3 Å². The molecule has 0 amide bonds. The van der Waals surface area contributed by atoms with Gasteiger partial charge in [0.15, 0.2) is 0 Å². The first-order chi connectivity index (χ1) is 20.4. The third-order valence-corrected chi connectivity index (χ3v) is 8.33. The average molecular weight is 618 g/mol. The summed E-state index contributed by atoms with van der Waals surface area (Å²) in [4.78, 5) is 17.7. The van der Waals surface area contributed by atoms with Crippen molar-refractivity contribution in [1.29, 1.82) is 0 Å². The molecule has 0 radical (unpaired) electrons. The Morgan fingerprint density at radius 2 is 1.86 bits per heavy atom. The third-order valence-electron chi connectivity index (χ3n) is 7.09. The molecule has 1 unspecified atom stereocenters. The summed E-state index contributed by atoms with van der Waals surface area (Å²) in [6, 6.07) is 18.6. The molecule has 0 bridgehead atoms. The Hall–Kier alpha value is -4.32. The van der Waals surface area contributed by atoms with Crippen molar-refractivity contribution in [3.8, 4) is 22.9 Å². The molecule has 4 heterocycles. The molecule has 3 N–H and O–H groups in total. The number of pyridine rings is 2. The summed E-state index contributed by atoms with van der Waals surface area (Å²) in [5, 5.41) is 8.29. The van der Waals surface area contributed by atoms with Crippen molar-refractivity contribution in [2.75, 3.05) is 23.1 Å². The van der Waals surface area contributed by atoms with Crippen molar-refractivity contribution >= 4 is 44.8 Å². The molecule has 5 aromatic rings. The van der Waals surface area contributed by atoms with Crippen LogP contribution in [0.3, 0.4) is 0 Å². The number of sulfonamides is 1. The second kappa shape index (κ2) is 13.3. The van der Waals surface area contributed by atoms with Gasteiger partial charge in [0.05, 0.1) is 22.7 Å². The van der Waals surface area contributed by atoms with Crippen LogP contribution in [0.1, 0.15) is 24.0 Å². The number of hydrogen-bond acceptors (Lipinski definition) is 9. The first-order valence-corrected chi connectivity index (χ1v) is 15.5. The number of piperidine rings is 1. The fourth-order valence-corrected chi connectivity index (χ4v) is 6.26. The van der Waals surface area contributed by atoms with E-state index in [-0.39, 0.29) is 24.2 Å². The number of aromatic nitrogens is 4. The maximum Gasteiger partial charge on any atom is 0.236 e. The van der Waals surface area contributed by atoms with Gasteiger partial charge in [0.25, 0.3) is 0 Å².